The van der Waals surface area contributed by atoms with Gasteiger partial charge in [0.1, 0.15) is 0 Å². The molecule has 1 aliphatic carbocycles. The Kier molecular flexibility index (Phi) is 5.77. The van der Waals surface area contributed by atoms with Crippen LogP contribution in [-0.4, -0.2) is 24.4 Å². The maximum Gasteiger partial charge on any atom is 0.251 e. The van der Waals surface area contributed by atoms with Crippen molar-refractivity contribution in [3.8, 4) is 0 Å². The molecule has 3 rings (SSSR count). The monoisotopic (exact) mass is 342 g/mol. The summed E-state index contributed by atoms with van der Waals surface area (Å²) in [6.07, 6.45) is 8.60. The molecule has 2 amide bonds. The second-order valence-corrected chi connectivity index (χ2v) is 7.41. The first kappa shape index (κ1) is 18.0. The summed E-state index contributed by atoms with van der Waals surface area (Å²) in [5.74, 6) is 0.827. The number of unbranched alkanes of at least 4 members (excludes halogenated alkanes) is 1. The molecule has 1 heterocycles. The van der Waals surface area contributed by atoms with Crippen LogP contribution in [0.4, 0.5) is 5.69 Å². The second-order valence-electron chi connectivity index (χ2n) is 7.41. The van der Waals surface area contributed by atoms with E-state index in [1.165, 1.54) is 32.1 Å². The Bertz CT molecular complexity index is 641. The van der Waals surface area contributed by atoms with Crippen LogP contribution in [0, 0.1) is 5.92 Å². The van der Waals surface area contributed by atoms with Gasteiger partial charge in [-0.1, -0.05) is 33.1 Å². The zero-order valence-electron chi connectivity index (χ0n) is 15.5. The van der Waals surface area contributed by atoms with E-state index in [4.69, 9.17) is 0 Å². The normalized spacial score (nSPS) is 22.1. The van der Waals surface area contributed by atoms with E-state index in [-0.39, 0.29) is 11.8 Å². The van der Waals surface area contributed by atoms with E-state index in [1.54, 1.807) is 0 Å². The maximum atomic E-state index is 12.7. The quantitative estimate of drug-likeness (QED) is 0.847. The first-order valence-corrected chi connectivity index (χ1v) is 9.88. The first-order chi connectivity index (χ1) is 12.1. The van der Waals surface area contributed by atoms with Gasteiger partial charge in [0.15, 0.2) is 0 Å². The topological polar surface area (TPSA) is 49.4 Å². The van der Waals surface area contributed by atoms with Crippen molar-refractivity contribution in [3.05, 3.63) is 29.3 Å². The Morgan fingerprint density at radius 3 is 2.84 bits per heavy atom. The van der Waals surface area contributed by atoms with Gasteiger partial charge in [0.2, 0.25) is 5.91 Å². The first-order valence-electron chi connectivity index (χ1n) is 9.88. The summed E-state index contributed by atoms with van der Waals surface area (Å²) in [5, 5.41) is 3.27. The number of nitrogens with zero attached hydrogens (tertiary/aromatic N) is 1. The van der Waals surface area contributed by atoms with Crippen LogP contribution in [0.2, 0.25) is 0 Å². The third-order valence-corrected chi connectivity index (χ3v) is 5.74. The zero-order valence-corrected chi connectivity index (χ0v) is 15.5. The summed E-state index contributed by atoms with van der Waals surface area (Å²) in [6, 6.07) is 6.11. The number of fused-ring (bicyclic) bond motifs is 1. The average molecular weight is 342 g/mol. The highest BCUT2D eigenvalue weighted by molar-refractivity contribution is 5.98. The molecule has 2 atom stereocenters. The SMILES string of the molecule is CCCCC1CCCC1NC(=O)c1ccc2c(c1)CCN2C(=O)CC. The van der Waals surface area contributed by atoms with Gasteiger partial charge < -0.3 is 10.2 Å². The minimum absolute atomic E-state index is 0.0384. The molecule has 0 bridgehead atoms. The van der Waals surface area contributed by atoms with Crippen molar-refractivity contribution in [2.45, 2.75) is 71.3 Å². The predicted molar refractivity (Wildman–Crippen MR) is 101 cm³/mol. The highest BCUT2D eigenvalue weighted by Crippen LogP contribution is 2.31. The number of rotatable bonds is 6. The molecule has 136 valence electrons. The zero-order chi connectivity index (χ0) is 17.8. The number of hydrogen-bond donors (Lipinski definition) is 1. The van der Waals surface area contributed by atoms with Crippen molar-refractivity contribution in [1.82, 2.24) is 5.32 Å². The number of carbonyl (C=O) groups excluding carboxylic acids is 2. The van der Waals surface area contributed by atoms with Gasteiger partial charge in [-0.05, 0) is 55.4 Å². The molecule has 0 aromatic heterocycles. The lowest BCUT2D eigenvalue weighted by Gasteiger charge is -2.21. The third kappa shape index (κ3) is 3.88. The molecule has 1 aliphatic heterocycles. The van der Waals surface area contributed by atoms with E-state index in [2.05, 4.69) is 12.2 Å². The lowest BCUT2D eigenvalue weighted by molar-refractivity contribution is -0.118. The predicted octanol–water partition coefficient (Wildman–Crippen LogP) is 4.07. The van der Waals surface area contributed by atoms with Gasteiger partial charge in [-0.2, -0.15) is 0 Å². The standard InChI is InChI=1S/C21H30N2O2/c1-3-5-7-15-8-6-9-18(15)22-21(25)17-10-11-19-16(14-17)12-13-23(19)20(24)4-2/h10-11,14-15,18H,3-9,12-13H2,1-2H3,(H,22,25). The fraction of sp³-hybridized carbons (Fsp3) is 0.619. The molecule has 1 N–H and O–H groups in total. The van der Waals surface area contributed by atoms with E-state index >= 15 is 0 Å². The lowest BCUT2D eigenvalue weighted by atomic mass is 9.96. The van der Waals surface area contributed by atoms with Crippen LogP contribution >= 0.6 is 0 Å². The maximum absolute atomic E-state index is 12.7. The molecule has 0 saturated heterocycles. The number of nitrogens with one attached hydrogen (secondary N) is 1. The van der Waals surface area contributed by atoms with Crippen molar-refractivity contribution < 1.29 is 9.59 Å². The lowest BCUT2D eigenvalue weighted by Crippen LogP contribution is -2.37. The minimum atomic E-state index is 0.0384. The van der Waals surface area contributed by atoms with E-state index in [1.807, 2.05) is 30.0 Å². The van der Waals surface area contributed by atoms with Crippen LogP contribution in [0.15, 0.2) is 18.2 Å². The van der Waals surface area contributed by atoms with Crippen LogP contribution in [0.5, 0.6) is 0 Å². The van der Waals surface area contributed by atoms with Gasteiger partial charge in [-0.25, -0.2) is 0 Å². The molecule has 25 heavy (non-hydrogen) atoms. The van der Waals surface area contributed by atoms with Crippen LogP contribution in [0.3, 0.4) is 0 Å². The Balaban J connectivity index is 1.66. The van der Waals surface area contributed by atoms with Gasteiger partial charge in [0, 0.05) is 30.3 Å². The Morgan fingerprint density at radius 1 is 1.24 bits per heavy atom. The molecule has 2 unspecified atom stereocenters. The van der Waals surface area contributed by atoms with E-state index in [0.717, 1.165) is 36.2 Å². The average Bonchev–Trinajstić information content (AvgIpc) is 3.25. The van der Waals surface area contributed by atoms with E-state index in [0.29, 0.717) is 18.4 Å². The van der Waals surface area contributed by atoms with Gasteiger partial charge in [-0.3, -0.25) is 9.59 Å². The molecule has 1 fully saturated rings. The van der Waals surface area contributed by atoms with Crippen molar-refractivity contribution in [2.75, 3.05) is 11.4 Å². The van der Waals surface area contributed by atoms with Crippen molar-refractivity contribution in [1.29, 1.82) is 0 Å². The fourth-order valence-corrected chi connectivity index (χ4v) is 4.28. The number of anilines is 1. The van der Waals surface area contributed by atoms with Crippen LogP contribution in [-0.2, 0) is 11.2 Å². The Hall–Kier alpha value is -1.84. The number of amides is 2. The van der Waals surface area contributed by atoms with Crippen LogP contribution in [0.25, 0.3) is 0 Å². The van der Waals surface area contributed by atoms with Crippen LogP contribution in [0.1, 0.15) is 74.7 Å². The van der Waals surface area contributed by atoms with Crippen molar-refractivity contribution in [3.63, 3.8) is 0 Å². The van der Waals surface area contributed by atoms with Gasteiger partial charge in [0.05, 0.1) is 0 Å². The number of hydrogen-bond acceptors (Lipinski definition) is 2. The third-order valence-electron chi connectivity index (χ3n) is 5.74. The summed E-state index contributed by atoms with van der Waals surface area (Å²) in [5.41, 5.74) is 2.82. The van der Waals surface area contributed by atoms with Crippen LogP contribution < -0.4 is 10.2 Å². The van der Waals surface area contributed by atoms with Gasteiger partial charge >= 0.3 is 0 Å². The highest BCUT2D eigenvalue weighted by Gasteiger charge is 2.29. The van der Waals surface area contributed by atoms with Crippen molar-refractivity contribution in [2.24, 2.45) is 5.92 Å². The number of carbonyl (C=O) groups is 2. The fourth-order valence-electron chi connectivity index (χ4n) is 4.28. The molecular weight excluding hydrogens is 312 g/mol. The van der Waals surface area contributed by atoms with Gasteiger partial charge in [-0.15, -0.1) is 0 Å². The molecule has 4 nitrogen and oxygen atoms in total. The number of benzene rings is 1. The second kappa shape index (κ2) is 8.03. The molecular formula is C21H30N2O2. The summed E-state index contributed by atoms with van der Waals surface area (Å²) in [6.45, 7) is 4.84. The highest BCUT2D eigenvalue weighted by atomic mass is 16.2. The largest absolute Gasteiger partial charge is 0.349 e. The molecule has 1 aromatic rings. The van der Waals surface area contributed by atoms with E-state index in [9.17, 15) is 9.59 Å². The molecule has 0 spiro atoms. The summed E-state index contributed by atoms with van der Waals surface area (Å²) in [7, 11) is 0. The molecule has 4 heteroatoms. The summed E-state index contributed by atoms with van der Waals surface area (Å²) < 4.78 is 0. The smallest absolute Gasteiger partial charge is 0.251 e. The summed E-state index contributed by atoms with van der Waals surface area (Å²) >= 11 is 0. The van der Waals surface area contributed by atoms with Crippen molar-refractivity contribution >= 4 is 17.5 Å². The Morgan fingerprint density at radius 2 is 2.08 bits per heavy atom. The Labute approximate surface area is 151 Å². The molecule has 0 radical (unpaired) electrons. The molecule has 1 aromatic carbocycles. The van der Waals surface area contributed by atoms with Gasteiger partial charge in [0.25, 0.3) is 5.91 Å². The minimum Gasteiger partial charge on any atom is -0.349 e. The summed E-state index contributed by atoms with van der Waals surface area (Å²) in [4.78, 5) is 26.5. The molecule has 2 aliphatic rings. The molecule has 1 saturated carbocycles. The van der Waals surface area contributed by atoms with E-state index < -0.39 is 0 Å².